The highest BCUT2D eigenvalue weighted by molar-refractivity contribution is 7.09. The summed E-state index contributed by atoms with van der Waals surface area (Å²) in [4.78, 5) is 15.3. The number of rotatable bonds is 4. The summed E-state index contributed by atoms with van der Waals surface area (Å²) < 4.78 is 0. The van der Waals surface area contributed by atoms with Gasteiger partial charge in [-0.1, -0.05) is 6.92 Å². The van der Waals surface area contributed by atoms with E-state index in [-0.39, 0.29) is 18.4 Å². The minimum Gasteiger partial charge on any atom is -0.346 e. The Labute approximate surface area is 86.6 Å². The molecule has 0 radical (unpaired) electrons. The van der Waals surface area contributed by atoms with Crippen molar-refractivity contribution in [2.24, 2.45) is 0 Å². The number of carbonyl (C=O) groups excluding carboxylic acids is 1. The third-order valence-corrected chi connectivity index (χ3v) is 2.62. The van der Waals surface area contributed by atoms with Gasteiger partial charge in [-0.05, 0) is 6.42 Å². The normalized spacial score (nSPS) is 11.7. The maximum absolute atomic E-state index is 11.2. The van der Waals surface area contributed by atoms with Gasteiger partial charge in [0.25, 0.3) is 0 Å². The van der Waals surface area contributed by atoms with E-state index in [1.807, 2.05) is 18.4 Å². The first kappa shape index (κ1) is 10.7. The zero-order chi connectivity index (χ0) is 10.4. The van der Waals surface area contributed by atoms with E-state index in [9.17, 15) is 4.79 Å². The highest BCUT2D eigenvalue weighted by Crippen LogP contribution is 2.18. The molecule has 4 nitrogen and oxygen atoms in total. The number of nitriles is 1. The van der Waals surface area contributed by atoms with Crippen LogP contribution in [0.15, 0.2) is 11.6 Å². The fraction of sp³-hybridized carbons (Fsp3) is 0.444. The Kier molecular flexibility index (Phi) is 4.08. The SMILES string of the molecule is CCC(NC(=O)CC#N)c1nccs1. The fourth-order valence-corrected chi connectivity index (χ4v) is 1.83. The highest BCUT2D eigenvalue weighted by Gasteiger charge is 2.14. The maximum atomic E-state index is 11.2. The van der Waals surface area contributed by atoms with Gasteiger partial charge in [0.1, 0.15) is 11.4 Å². The molecule has 0 bridgehead atoms. The largest absolute Gasteiger partial charge is 0.346 e. The van der Waals surface area contributed by atoms with Crippen LogP contribution in [0.4, 0.5) is 0 Å². The molecule has 0 spiro atoms. The molecule has 1 atom stereocenters. The Bertz CT molecular complexity index is 328. The molecule has 0 fully saturated rings. The van der Waals surface area contributed by atoms with E-state index in [2.05, 4.69) is 10.3 Å². The van der Waals surface area contributed by atoms with Gasteiger partial charge >= 0.3 is 0 Å². The standard InChI is InChI=1S/C9H11N3OS/c1-2-7(9-11-5-6-14-9)12-8(13)3-4-10/h5-7H,2-3H2,1H3,(H,12,13). The first-order chi connectivity index (χ1) is 6.77. The molecule has 5 heteroatoms. The molecule has 0 aliphatic heterocycles. The van der Waals surface area contributed by atoms with Crippen LogP contribution in [0.25, 0.3) is 0 Å². The smallest absolute Gasteiger partial charge is 0.234 e. The first-order valence-corrected chi connectivity index (χ1v) is 5.21. The monoisotopic (exact) mass is 209 g/mol. The van der Waals surface area contributed by atoms with Crippen LogP contribution in [0, 0.1) is 11.3 Å². The van der Waals surface area contributed by atoms with Crippen LogP contribution < -0.4 is 5.32 Å². The number of amides is 1. The lowest BCUT2D eigenvalue weighted by Gasteiger charge is -2.12. The van der Waals surface area contributed by atoms with Crippen LogP contribution in [0.2, 0.25) is 0 Å². The lowest BCUT2D eigenvalue weighted by molar-refractivity contribution is -0.120. The Balaban J connectivity index is 2.57. The minimum atomic E-state index is -0.241. The van der Waals surface area contributed by atoms with Crippen LogP contribution in [0.3, 0.4) is 0 Å². The molecule has 1 N–H and O–H groups in total. The Morgan fingerprint density at radius 3 is 3.14 bits per heavy atom. The molecular formula is C9H11N3OS. The number of aromatic nitrogens is 1. The number of hydrogen-bond donors (Lipinski definition) is 1. The van der Waals surface area contributed by atoms with Crippen molar-refractivity contribution >= 4 is 17.2 Å². The van der Waals surface area contributed by atoms with Crippen LogP contribution in [0.1, 0.15) is 30.8 Å². The summed E-state index contributed by atoms with van der Waals surface area (Å²) >= 11 is 1.51. The van der Waals surface area contributed by atoms with Gasteiger partial charge in [-0.25, -0.2) is 4.98 Å². The second kappa shape index (κ2) is 5.35. The molecule has 0 saturated carbocycles. The van der Waals surface area contributed by atoms with Gasteiger partial charge in [-0.2, -0.15) is 5.26 Å². The van der Waals surface area contributed by atoms with E-state index >= 15 is 0 Å². The summed E-state index contributed by atoms with van der Waals surface area (Å²) in [6, 6.07) is 1.75. The third kappa shape index (κ3) is 2.82. The van der Waals surface area contributed by atoms with Crippen molar-refractivity contribution < 1.29 is 4.79 Å². The van der Waals surface area contributed by atoms with E-state index in [0.717, 1.165) is 11.4 Å². The lowest BCUT2D eigenvalue weighted by atomic mass is 10.2. The van der Waals surface area contributed by atoms with Gasteiger partial charge in [-0.3, -0.25) is 4.79 Å². The van der Waals surface area contributed by atoms with E-state index in [1.165, 1.54) is 11.3 Å². The molecule has 1 aromatic heterocycles. The summed E-state index contributed by atoms with van der Waals surface area (Å²) in [5, 5.41) is 13.8. The van der Waals surface area contributed by atoms with E-state index < -0.39 is 0 Å². The number of nitrogens with one attached hydrogen (secondary N) is 1. The number of thiazole rings is 1. The average molecular weight is 209 g/mol. The van der Waals surface area contributed by atoms with Gasteiger partial charge in [-0.15, -0.1) is 11.3 Å². The second-order valence-electron chi connectivity index (χ2n) is 2.73. The van der Waals surface area contributed by atoms with E-state index in [0.29, 0.717) is 0 Å². The first-order valence-electron chi connectivity index (χ1n) is 4.33. The third-order valence-electron chi connectivity index (χ3n) is 1.73. The zero-order valence-electron chi connectivity index (χ0n) is 7.86. The molecule has 0 aliphatic carbocycles. The molecule has 0 aliphatic rings. The summed E-state index contributed by atoms with van der Waals surface area (Å²) in [7, 11) is 0. The van der Waals surface area contributed by atoms with Crippen LogP contribution in [-0.2, 0) is 4.79 Å². The predicted molar refractivity (Wildman–Crippen MR) is 53.5 cm³/mol. The maximum Gasteiger partial charge on any atom is 0.234 e. The molecule has 1 amide bonds. The molecule has 14 heavy (non-hydrogen) atoms. The zero-order valence-corrected chi connectivity index (χ0v) is 8.67. The van der Waals surface area contributed by atoms with Crippen LogP contribution >= 0.6 is 11.3 Å². The summed E-state index contributed by atoms with van der Waals surface area (Å²) in [5.41, 5.74) is 0. The molecule has 1 unspecified atom stereocenters. The quantitative estimate of drug-likeness (QED) is 0.819. The van der Waals surface area contributed by atoms with Crippen molar-refractivity contribution in [2.45, 2.75) is 25.8 Å². The Morgan fingerprint density at radius 1 is 1.86 bits per heavy atom. The lowest BCUT2D eigenvalue weighted by Crippen LogP contribution is -2.27. The van der Waals surface area contributed by atoms with E-state index in [1.54, 1.807) is 6.20 Å². The predicted octanol–water partition coefficient (Wildman–Crippen LogP) is 1.62. The van der Waals surface area contributed by atoms with Gasteiger partial charge in [0.2, 0.25) is 5.91 Å². The number of nitrogens with zero attached hydrogens (tertiary/aromatic N) is 2. The van der Waals surface area contributed by atoms with E-state index in [4.69, 9.17) is 5.26 Å². The van der Waals surface area contributed by atoms with Crippen molar-refractivity contribution in [2.75, 3.05) is 0 Å². The van der Waals surface area contributed by atoms with Crippen molar-refractivity contribution in [1.29, 1.82) is 5.26 Å². The fourth-order valence-electron chi connectivity index (χ4n) is 1.06. The van der Waals surface area contributed by atoms with Crippen molar-refractivity contribution in [3.05, 3.63) is 16.6 Å². The molecule has 74 valence electrons. The van der Waals surface area contributed by atoms with Crippen molar-refractivity contribution in [3.63, 3.8) is 0 Å². The molecular weight excluding hydrogens is 198 g/mol. The molecule has 1 heterocycles. The topological polar surface area (TPSA) is 65.8 Å². The average Bonchev–Trinajstić information content (AvgIpc) is 2.67. The molecule has 0 aromatic carbocycles. The minimum absolute atomic E-state index is 0.0594. The van der Waals surface area contributed by atoms with Crippen LogP contribution in [0.5, 0.6) is 0 Å². The summed E-state index contributed by atoms with van der Waals surface area (Å²) in [6.07, 6.45) is 2.39. The van der Waals surface area contributed by atoms with Gasteiger partial charge in [0, 0.05) is 11.6 Å². The summed E-state index contributed by atoms with van der Waals surface area (Å²) in [5.74, 6) is -0.241. The number of hydrogen-bond acceptors (Lipinski definition) is 4. The van der Waals surface area contributed by atoms with Gasteiger partial charge < -0.3 is 5.32 Å². The molecule has 1 aromatic rings. The molecule has 0 saturated heterocycles. The second-order valence-corrected chi connectivity index (χ2v) is 3.66. The summed E-state index contributed by atoms with van der Waals surface area (Å²) in [6.45, 7) is 1.97. The highest BCUT2D eigenvalue weighted by atomic mass is 32.1. The molecule has 1 rings (SSSR count). The van der Waals surface area contributed by atoms with Crippen molar-refractivity contribution in [3.8, 4) is 6.07 Å². The van der Waals surface area contributed by atoms with Crippen LogP contribution in [-0.4, -0.2) is 10.9 Å². The Hall–Kier alpha value is -1.41. The van der Waals surface area contributed by atoms with Gasteiger partial charge in [0.15, 0.2) is 0 Å². The number of carbonyl (C=O) groups is 1. The van der Waals surface area contributed by atoms with Gasteiger partial charge in [0.05, 0.1) is 12.1 Å². The Morgan fingerprint density at radius 2 is 2.64 bits per heavy atom. The van der Waals surface area contributed by atoms with Crippen molar-refractivity contribution in [1.82, 2.24) is 10.3 Å².